The van der Waals surface area contributed by atoms with E-state index in [0.29, 0.717) is 21.7 Å². The van der Waals surface area contributed by atoms with Crippen LogP contribution in [0.15, 0.2) is 41.3 Å². The lowest BCUT2D eigenvalue weighted by Crippen LogP contribution is -2.68. The van der Waals surface area contributed by atoms with Gasteiger partial charge in [0.05, 0.1) is 5.41 Å². The predicted octanol–water partition coefficient (Wildman–Crippen LogP) is 6.27. The van der Waals surface area contributed by atoms with E-state index in [2.05, 4.69) is 36.4 Å². The van der Waals surface area contributed by atoms with Gasteiger partial charge in [0.25, 0.3) is 0 Å². The topological polar surface area (TPSA) is 26.3 Å². The largest absolute Gasteiger partial charge is 0.425 e. The van der Waals surface area contributed by atoms with Crippen LogP contribution in [0.2, 0.25) is 0 Å². The van der Waals surface area contributed by atoms with Crippen LogP contribution in [0.4, 0.5) is 0 Å². The highest BCUT2D eigenvalue weighted by atomic mass is 32.2. The van der Waals surface area contributed by atoms with Gasteiger partial charge in [-0.1, -0.05) is 18.2 Å². The van der Waals surface area contributed by atoms with Crippen LogP contribution in [-0.4, -0.2) is 17.5 Å². The van der Waals surface area contributed by atoms with Crippen LogP contribution in [0.5, 0.6) is 5.75 Å². The Hall–Kier alpha value is -1.48. The molecule has 10 rings (SSSR count). The second kappa shape index (κ2) is 6.06. The number of fused-ring (bicyclic) bond motifs is 1. The van der Waals surface area contributed by atoms with E-state index in [1.54, 1.807) is 0 Å². The third-order valence-electron chi connectivity index (χ3n) is 9.12. The maximum Gasteiger partial charge on any atom is 0.317 e. The van der Waals surface area contributed by atoms with Gasteiger partial charge in [0.1, 0.15) is 17.3 Å². The minimum atomic E-state index is -0.192. The zero-order valence-electron chi connectivity index (χ0n) is 17.8. The molecule has 8 fully saturated rings. The molecule has 7 saturated carbocycles. The smallest absolute Gasteiger partial charge is 0.317 e. The predicted molar refractivity (Wildman–Crippen MR) is 122 cm³/mol. The number of hydrogen-bond donors (Lipinski definition) is 0. The standard InChI is InChI=1S/C27H31O2S/c28-24(27-14-19-12-25(17-27)15-26(13-19,16-25)18-27)29-22-8-9-23(30-10-4-1-5-11-30)21-7-3-2-6-20(21)22/h2-3,6-9,19H,1,4-5,10-18H2/q+1. The summed E-state index contributed by atoms with van der Waals surface area (Å²) in [6, 6.07) is 13.0. The van der Waals surface area contributed by atoms with Crippen molar-refractivity contribution in [2.75, 3.05) is 11.5 Å². The molecule has 8 aliphatic rings. The van der Waals surface area contributed by atoms with Crippen molar-refractivity contribution in [1.82, 2.24) is 0 Å². The van der Waals surface area contributed by atoms with E-state index in [4.69, 9.17) is 4.74 Å². The lowest BCUT2D eigenvalue weighted by atomic mass is 9.29. The van der Waals surface area contributed by atoms with Crippen molar-refractivity contribution in [2.24, 2.45) is 22.2 Å². The zero-order valence-corrected chi connectivity index (χ0v) is 18.6. The van der Waals surface area contributed by atoms with Crippen molar-refractivity contribution in [3.8, 4) is 5.75 Å². The first kappa shape index (κ1) is 18.1. The average molecular weight is 420 g/mol. The summed E-state index contributed by atoms with van der Waals surface area (Å²) in [6.45, 7) is 0. The van der Waals surface area contributed by atoms with E-state index < -0.39 is 0 Å². The van der Waals surface area contributed by atoms with Gasteiger partial charge in [0.15, 0.2) is 4.90 Å². The summed E-state index contributed by atoms with van der Waals surface area (Å²) >= 11 is 0. The van der Waals surface area contributed by atoms with Gasteiger partial charge in [-0.2, -0.15) is 0 Å². The van der Waals surface area contributed by atoms with Crippen molar-refractivity contribution >= 4 is 27.6 Å². The number of rotatable bonds is 3. The van der Waals surface area contributed by atoms with Gasteiger partial charge < -0.3 is 4.74 Å². The van der Waals surface area contributed by atoms with Crippen LogP contribution in [-0.2, 0) is 15.7 Å². The molecule has 1 aliphatic heterocycles. The Morgan fingerprint density at radius 3 is 2.23 bits per heavy atom. The Morgan fingerprint density at radius 2 is 1.53 bits per heavy atom. The fourth-order valence-corrected chi connectivity index (χ4v) is 11.4. The number of esters is 1. The molecule has 1 saturated heterocycles. The van der Waals surface area contributed by atoms with Crippen molar-refractivity contribution in [3.63, 3.8) is 0 Å². The van der Waals surface area contributed by atoms with Gasteiger partial charge in [0.2, 0.25) is 0 Å². The normalized spacial score (nSPS) is 39.1. The molecule has 0 N–H and O–H groups in total. The molecule has 0 aromatic heterocycles. The molecule has 7 aliphatic carbocycles. The fraction of sp³-hybridized carbons (Fsp3) is 0.593. The minimum Gasteiger partial charge on any atom is -0.425 e. The first-order valence-corrected chi connectivity index (χ1v) is 13.6. The van der Waals surface area contributed by atoms with Gasteiger partial charge in [-0.25, -0.2) is 0 Å². The van der Waals surface area contributed by atoms with E-state index in [0.717, 1.165) is 36.3 Å². The first-order chi connectivity index (χ1) is 14.6. The van der Waals surface area contributed by atoms with Gasteiger partial charge >= 0.3 is 5.97 Å². The summed E-state index contributed by atoms with van der Waals surface area (Å²) in [5.74, 6) is 4.28. The summed E-state index contributed by atoms with van der Waals surface area (Å²) in [4.78, 5) is 15.1. The molecule has 4 bridgehead atoms. The molecule has 0 atom stereocenters. The molecule has 0 amide bonds. The van der Waals surface area contributed by atoms with Crippen molar-refractivity contribution < 1.29 is 9.53 Å². The van der Waals surface area contributed by atoms with Crippen LogP contribution < -0.4 is 4.74 Å². The number of hydrogen-bond acceptors (Lipinski definition) is 2. The van der Waals surface area contributed by atoms with E-state index in [-0.39, 0.29) is 11.4 Å². The average Bonchev–Trinajstić information content (AvgIpc) is 2.72. The van der Waals surface area contributed by atoms with Crippen LogP contribution >= 0.6 is 0 Å². The molecule has 30 heavy (non-hydrogen) atoms. The molecule has 1 heterocycles. The van der Waals surface area contributed by atoms with E-state index in [1.807, 2.05) is 0 Å². The minimum absolute atomic E-state index is 0.0815. The van der Waals surface area contributed by atoms with Gasteiger partial charge in [0, 0.05) is 21.7 Å². The maximum absolute atomic E-state index is 13.6. The summed E-state index contributed by atoms with van der Waals surface area (Å²) < 4.78 is 6.28. The Morgan fingerprint density at radius 1 is 0.833 bits per heavy atom. The lowest BCUT2D eigenvalue weighted by molar-refractivity contribution is -0.256. The molecule has 3 heteroatoms. The third kappa shape index (κ3) is 2.48. The molecular formula is C27H31O2S+. The Balaban J connectivity index is 1.22. The van der Waals surface area contributed by atoms with E-state index in [1.165, 1.54) is 66.7 Å². The van der Waals surface area contributed by atoms with Crippen molar-refractivity contribution in [3.05, 3.63) is 36.4 Å². The SMILES string of the molecule is O=C(Oc1ccc([S+]2CCCCC2)c2ccccc12)C12CC3CC4(CC(C3)(C4)C1)C2. The Labute approximate surface area is 182 Å². The quantitative estimate of drug-likeness (QED) is 0.333. The highest BCUT2D eigenvalue weighted by Gasteiger charge is 2.73. The molecule has 2 aromatic carbocycles. The Bertz CT molecular complexity index is 1010. The van der Waals surface area contributed by atoms with E-state index in [9.17, 15) is 4.79 Å². The van der Waals surface area contributed by atoms with Gasteiger partial charge in [-0.3, -0.25) is 4.79 Å². The fourth-order valence-electron chi connectivity index (χ4n) is 8.93. The third-order valence-corrected chi connectivity index (χ3v) is 11.7. The second-order valence-electron chi connectivity index (χ2n) is 11.4. The highest BCUT2D eigenvalue weighted by Crippen LogP contribution is 2.80. The number of carbonyl (C=O) groups excluding carboxylic acids is 1. The number of benzene rings is 2. The maximum atomic E-state index is 13.6. The van der Waals surface area contributed by atoms with Gasteiger partial charge in [-0.05, 0) is 99.2 Å². The molecular weight excluding hydrogens is 388 g/mol. The van der Waals surface area contributed by atoms with Crippen LogP contribution in [0.25, 0.3) is 10.8 Å². The van der Waals surface area contributed by atoms with Crippen LogP contribution in [0.3, 0.4) is 0 Å². The Kier molecular flexibility index (Phi) is 3.66. The second-order valence-corrected chi connectivity index (χ2v) is 13.7. The highest BCUT2D eigenvalue weighted by molar-refractivity contribution is 7.97. The molecule has 2 aromatic rings. The summed E-state index contributed by atoms with van der Waals surface area (Å²) in [7, 11) is 0.347. The molecule has 156 valence electrons. The molecule has 0 radical (unpaired) electrons. The lowest BCUT2D eigenvalue weighted by Gasteiger charge is -2.75. The van der Waals surface area contributed by atoms with Crippen molar-refractivity contribution in [1.29, 1.82) is 0 Å². The summed E-state index contributed by atoms with van der Waals surface area (Å²) in [6.07, 6.45) is 12.9. The monoisotopic (exact) mass is 419 g/mol. The molecule has 2 spiro atoms. The van der Waals surface area contributed by atoms with E-state index >= 15 is 0 Å². The van der Waals surface area contributed by atoms with Gasteiger partial charge in [-0.15, -0.1) is 0 Å². The molecule has 2 nitrogen and oxygen atoms in total. The van der Waals surface area contributed by atoms with Crippen LogP contribution in [0, 0.1) is 22.2 Å². The zero-order chi connectivity index (χ0) is 20.0. The molecule has 0 unspecified atom stereocenters. The number of ether oxygens (including phenoxy) is 1. The first-order valence-electron chi connectivity index (χ1n) is 12.0. The summed E-state index contributed by atoms with van der Waals surface area (Å²) in [5.41, 5.74) is 0.793. The van der Waals surface area contributed by atoms with Crippen LogP contribution in [0.1, 0.15) is 64.2 Å². The number of carbonyl (C=O) groups is 1. The van der Waals surface area contributed by atoms with Crippen molar-refractivity contribution in [2.45, 2.75) is 69.1 Å². The summed E-state index contributed by atoms with van der Waals surface area (Å²) in [5, 5.41) is 2.44.